The molecule has 27 heavy (non-hydrogen) atoms. The van der Waals surface area contributed by atoms with Gasteiger partial charge in [-0.3, -0.25) is 24.1 Å². The fourth-order valence-electron chi connectivity index (χ4n) is 3.43. The van der Waals surface area contributed by atoms with Gasteiger partial charge in [0.15, 0.2) is 6.10 Å². The van der Waals surface area contributed by atoms with Gasteiger partial charge in [-0.15, -0.1) is 0 Å². The predicted molar refractivity (Wildman–Crippen MR) is 95.0 cm³/mol. The van der Waals surface area contributed by atoms with E-state index in [4.69, 9.17) is 9.47 Å². The lowest BCUT2D eigenvalue weighted by Crippen LogP contribution is -2.38. The summed E-state index contributed by atoms with van der Waals surface area (Å²) in [4.78, 5) is 50.3. The van der Waals surface area contributed by atoms with Crippen LogP contribution in [0.25, 0.3) is 0 Å². The summed E-state index contributed by atoms with van der Waals surface area (Å²) in [6.45, 7) is 0.993. The predicted octanol–water partition coefficient (Wildman–Crippen LogP) is 1.76. The van der Waals surface area contributed by atoms with Crippen LogP contribution < -0.4 is 4.74 Å². The number of Topliss-reactive ketones (excluding diaryl/α,β-unsaturated/α-hetero) is 1. The van der Waals surface area contributed by atoms with E-state index in [1.807, 2.05) is 12.2 Å². The first-order valence-corrected chi connectivity index (χ1v) is 8.80. The van der Waals surface area contributed by atoms with E-state index in [0.717, 1.165) is 4.90 Å². The van der Waals surface area contributed by atoms with Crippen molar-refractivity contribution in [1.29, 1.82) is 0 Å². The second-order valence-electron chi connectivity index (χ2n) is 6.64. The molecule has 0 saturated carbocycles. The van der Waals surface area contributed by atoms with Crippen molar-refractivity contribution in [2.45, 2.75) is 25.9 Å². The number of carbonyl (C=O) groups excluding carboxylic acids is 4. The van der Waals surface area contributed by atoms with Gasteiger partial charge in [0.25, 0.3) is 0 Å². The lowest BCUT2D eigenvalue weighted by Gasteiger charge is -2.17. The second-order valence-corrected chi connectivity index (χ2v) is 6.64. The molecule has 1 heterocycles. The Bertz CT molecular complexity index is 771. The maximum atomic E-state index is 12.4. The summed E-state index contributed by atoms with van der Waals surface area (Å²) in [6, 6.07) is 6.44. The summed E-state index contributed by atoms with van der Waals surface area (Å²) in [5.74, 6) is -2.03. The van der Waals surface area contributed by atoms with E-state index < -0.39 is 30.5 Å². The number of benzene rings is 1. The number of hydrogen-bond acceptors (Lipinski definition) is 6. The van der Waals surface area contributed by atoms with Crippen LogP contribution in [0.2, 0.25) is 0 Å². The van der Waals surface area contributed by atoms with E-state index in [2.05, 4.69) is 0 Å². The number of imide groups is 1. The molecular formula is C20H21NO6. The minimum atomic E-state index is -1.03. The monoisotopic (exact) mass is 371 g/mol. The highest BCUT2D eigenvalue weighted by Crippen LogP contribution is 2.34. The largest absolute Gasteiger partial charge is 0.497 e. The molecule has 1 aromatic carbocycles. The first kappa shape index (κ1) is 18.8. The van der Waals surface area contributed by atoms with E-state index in [-0.39, 0.29) is 17.6 Å². The molecule has 0 bridgehead atoms. The van der Waals surface area contributed by atoms with Gasteiger partial charge in [0.05, 0.1) is 18.9 Å². The molecule has 0 N–H and O–H groups in total. The summed E-state index contributed by atoms with van der Waals surface area (Å²) in [7, 11) is 1.52. The van der Waals surface area contributed by atoms with Crippen molar-refractivity contribution < 1.29 is 28.7 Å². The molecule has 2 amide bonds. The molecule has 3 atom stereocenters. The van der Waals surface area contributed by atoms with Crippen LogP contribution in [0.1, 0.15) is 30.1 Å². The van der Waals surface area contributed by atoms with Crippen LogP contribution in [0.15, 0.2) is 36.4 Å². The van der Waals surface area contributed by atoms with Gasteiger partial charge >= 0.3 is 5.97 Å². The van der Waals surface area contributed by atoms with Crippen molar-refractivity contribution >= 4 is 23.6 Å². The Hall–Kier alpha value is -2.96. The van der Waals surface area contributed by atoms with Crippen LogP contribution in [-0.4, -0.2) is 48.2 Å². The standard InChI is InChI=1S/C20H21NO6/c1-12(18(23)13-7-9-14(26-2)10-8-13)27-17(22)11-21-19(24)15-5-3-4-6-16(15)20(21)25/h3-4,7-10,12,15-16H,5-6,11H2,1-2H3/t12-,15-,16-/m0/s1. The van der Waals surface area contributed by atoms with Crippen LogP contribution in [0, 0.1) is 11.8 Å². The number of hydrogen-bond donors (Lipinski definition) is 0. The highest BCUT2D eigenvalue weighted by atomic mass is 16.5. The average molecular weight is 371 g/mol. The Morgan fingerprint density at radius 2 is 1.63 bits per heavy atom. The number of rotatable bonds is 6. The van der Waals surface area contributed by atoms with Crippen molar-refractivity contribution in [2.24, 2.45) is 11.8 Å². The Morgan fingerprint density at radius 3 is 2.15 bits per heavy atom. The van der Waals surface area contributed by atoms with Crippen molar-refractivity contribution in [3.63, 3.8) is 0 Å². The fraction of sp³-hybridized carbons (Fsp3) is 0.400. The zero-order valence-electron chi connectivity index (χ0n) is 15.2. The normalized spacial score (nSPS) is 22.4. The van der Waals surface area contributed by atoms with Crippen molar-refractivity contribution in [3.8, 4) is 5.75 Å². The molecule has 0 unspecified atom stereocenters. The van der Waals surface area contributed by atoms with E-state index in [1.165, 1.54) is 14.0 Å². The van der Waals surface area contributed by atoms with Gasteiger partial charge in [0.2, 0.25) is 17.6 Å². The van der Waals surface area contributed by atoms with Crippen LogP contribution in [0.4, 0.5) is 0 Å². The summed E-state index contributed by atoms with van der Waals surface area (Å²) in [5.41, 5.74) is 0.376. The van der Waals surface area contributed by atoms with Gasteiger partial charge in [-0.25, -0.2) is 0 Å². The number of amides is 2. The lowest BCUT2D eigenvalue weighted by atomic mass is 9.85. The average Bonchev–Trinajstić information content (AvgIpc) is 2.92. The lowest BCUT2D eigenvalue weighted by molar-refractivity contribution is -0.154. The first-order valence-electron chi connectivity index (χ1n) is 8.80. The smallest absolute Gasteiger partial charge is 0.326 e. The number of ether oxygens (including phenoxy) is 2. The fourth-order valence-corrected chi connectivity index (χ4v) is 3.43. The molecule has 142 valence electrons. The Morgan fingerprint density at radius 1 is 1.07 bits per heavy atom. The molecule has 7 nitrogen and oxygen atoms in total. The zero-order chi connectivity index (χ0) is 19.6. The number of carbonyl (C=O) groups is 4. The molecule has 1 aromatic rings. The minimum absolute atomic E-state index is 0.347. The Labute approximate surface area is 156 Å². The summed E-state index contributed by atoms with van der Waals surface area (Å²) >= 11 is 0. The molecule has 3 rings (SSSR count). The zero-order valence-corrected chi connectivity index (χ0v) is 15.2. The highest BCUT2D eigenvalue weighted by molar-refractivity contribution is 6.07. The quantitative estimate of drug-likeness (QED) is 0.328. The molecule has 1 aliphatic carbocycles. The van der Waals surface area contributed by atoms with E-state index >= 15 is 0 Å². The Kier molecular flexibility index (Phi) is 5.39. The van der Waals surface area contributed by atoms with Crippen LogP contribution in [0.5, 0.6) is 5.75 Å². The second kappa shape index (κ2) is 7.73. The van der Waals surface area contributed by atoms with Crippen molar-refractivity contribution in [2.75, 3.05) is 13.7 Å². The van der Waals surface area contributed by atoms with Crippen LogP contribution >= 0.6 is 0 Å². The third-order valence-electron chi connectivity index (χ3n) is 4.94. The number of likely N-dealkylation sites (tertiary alicyclic amines) is 1. The molecule has 1 saturated heterocycles. The minimum Gasteiger partial charge on any atom is -0.497 e. The van der Waals surface area contributed by atoms with Crippen LogP contribution in [-0.2, 0) is 19.1 Å². The molecule has 0 aromatic heterocycles. The van der Waals surface area contributed by atoms with Gasteiger partial charge in [0.1, 0.15) is 12.3 Å². The molecular weight excluding hydrogens is 350 g/mol. The molecule has 2 aliphatic rings. The summed E-state index contributed by atoms with van der Waals surface area (Å²) in [5, 5.41) is 0. The van der Waals surface area contributed by atoms with Crippen LogP contribution in [0.3, 0.4) is 0 Å². The van der Waals surface area contributed by atoms with Gasteiger partial charge < -0.3 is 9.47 Å². The third-order valence-corrected chi connectivity index (χ3v) is 4.94. The number of nitrogens with zero attached hydrogens (tertiary/aromatic N) is 1. The van der Waals surface area contributed by atoms with Gasteiger partial charge in [-0.2, -0.15) is 0 Å². The maximum absolute atomic E-state index is 12.4. The van der Waals surface area contributed by atoms with E-state index in [9.17, 15) is 19.2 Å². The SMILES string of the molecule is COc1ccc(C(=O)[C@H](C)OC(=O)CN2C(=O)[C@H]3CC=CC[C@@H]3C2=O)cc1. The van der Waals surface area contributed by atoms with Crippen molar-refractivity contribution in [1.82, 2.24) is 4.90 Å². The number of allylic oxidation sites excluding steroid dienone is 2. The molecule has 0 spiro atoms. The third kappa shape index (κ3) is 3.77. The van der Waals surface area contributed by atoms with Gasteiger partial charge in [-0.1, -0.05) is 12.2 Å². The number of ketones is 1. The molecule has 7 heteroatoms. The van der Waals surface area contributed by atoms with E-state index in [1.54, 1.807) is 24.3 Å². The van der Waals surface area contributed by atoms with Gasteiger partial charge in [0, 0.05) is 5.56 Å². The topological polar surface area (TPSA) is 90.0 Å². The number of fused-ring (bicyclic) bond motifs is 1. The molecule has 1 aliphatic heterocycles. The Balaban J connectivity index is 1.59. The number of esters is 1. The van der Waals surface area contributed by atoms with Gasteiger partial charge in [-0.05, 0) is 44.0 Å². The molecule has 1 fully saturated rings. The highest BCUT2D eigenvalue weighted by Gasteiger charge is 2.47. The molecule has 0 radical (unpaired) electrons. The maximum Gasteiger partial charge on any atom is 0.326 e. The summed E-state index contributed by atoms with van der Waals surface area (Å²) < 4.78 is 10.2. The van der Waals surface area contributed by atoms with E-state index in [0.29, 0.717) is 24.2 Å². The summed E-state index contributed by atoms with van der Waals surface area (Å²) in [6.07, 6.45) is 3.75. The number of methoxy groups -OCH3 is 1. The first-order chi connectivity index (χ1) is 12.9. The van der Waals surface area contributed by atoms with Crippen molar-refractivity contribution in [3.05, 3.63) is 42.0 Å².